The average Bonchev–Trinajstić information content (AvgIpc) is 1.82. The number of nitrogens with zero attached hydrogens (tertiary/aromatic N) is 2. The van der Waals surface area contributed by atoms with Crippen LogP contribution >= 0.6 is 0 Å². The first-order valence-electron chi connectivity index (χ1n) is 2.07. The first-order chi connectivity index (χ1) is 4.22. The molecule has 48 valence electrons. The Hall–Kier alpha value is -1.48. The predicted octanol–water partition coefficient (Wildman–Crippen LogP) is -0.999. The molecule has 0 fully saturated rings. The monoisotopic (exact) mass is 129 g/mol. The fourth-order valence-corrected chi connectivity index (χ4v) is 0.224. The van der Waals surface area contributed by atoms with Crippen LogP contribution in [0.25, 0.3) is 0 Å². The second-order valence-corrected chi connectivity index (χ2v) is 1.11. The molecule has 0 aromatic heterocycles. The maximum absolute atomic E-state index is 9.90. The minimum atomic E-state index is -1.37. The Labute approximate surface area is 50.7 Å². The molecule has 1 N–H and O–H groups in total. The Kier molecular flexibility index (Phi) is 2.94. The van der Waals surface area contributed by atoms with Gasteiger partial charge in [-0.1, -0.05) is 0 Å². The first kappa shape index (κ1) is 7.52. The fraction of sp³-hybridized carbons (Fsp3) is 0.250. The van der Waals surface area contributed by atoms with E-state index in [2.05, 4.69) is 9.90 Å². The lowest BCUT2D eigenvalue weighted by Crippen LogP contribution is -2.15. The summed E-state index contributed by atoms with van der Waals surface area (Å²) in [5.41, 5.74) is -0.586. The zero-order chi connectivity index (χ0) is 7.28. The van der Waals surface area contributed by atoms with Gasteiger partial charge in [0, 0.05) is 0 Å². The molecule has 0 radical (unpaired) electrons. The lowest BCUT2D eigenvalue weighted by Gasteiger charge is -1.66. The zero-order valence-electron chi connectivity index (χ0n) is 4.74. The van der Waals surface area contributed by atoms with Crippen LogP contribution in [0.15, 0.2) is 5.11 Å². The molecule has 0 aliphatic rings. The van der Waals surface area contributed by atoms with E-state index < -0.39 is 11.7 Å². The van der Waals surface area contributed by atoms with Crippen molar-refractivity contribution in [2.75, 3.05) is 7.05 Å². The zero-order valence-corrected chi connectivity index (χ0v) is 4.74. The fourth-order valence-electron chi connectivity index (χ4n) is 0.224. The Morgan fingerprint density at radius 3 is 2.44 bits per heavy atom. The van der Waals surface area contributed by atoms with Gasteiger partial charge in [-0.15, -0.1) is 0 Å². The quantitative estimate of drug-likeness (QED) is 0.171. The summed E-state index contributed by atoms with van der Waals surface area (Å²) in [5, 5.41) is 11.2. The molecule has 0 bridgehead atoms. The number of carbonyl (C=O) groups excluding carboxylic acids is 1. The van der Waals surface area contributed by atoms with E-state index in [9.17, 15) is 9.59 Å². The molecular weight excluding hydrogens is 124 g/mol. The summed E-state index contributed by atoms with van der Waals surface area (Å²) in [6.45, 7) is 0. The maximum Gasteiger partial charge on any atom is 0.487 e. The van der Waals surface area contributed by atoms with E-state index in [1.807, 2.05) is 0 Å². The smallest absolute Gasteiger partial charge is 0.472 e. The number of aliphatic carboxylic acids is 1. The molecule has 5 heteroatoms. The third kappa shape index (κ3) is 2.36. The number of hydrogen-bond donors (Lipinski definition) is 1. The summed E-state index contributed by atoms with van der Waals surface area (Å²) < 4.78 is 0. The van der Waals surface area contributed by atoms with E-state index in [1.54, 1.807) is 0 Å². The van der Waals surface area contributed by atoms with Gasteiger partial charge < -0.3 is 5.11 Å². The number of hydrogen-bond acceptors (Lipinski definition) is 3. The maximum atomic E-state index is 9.90. The second-order valence-electron chi connectivity index (χ2n) is 1.11. The Bertz CT molecular complexity index is 190. The van der Waals surface area contributed by atoms with Gasteiger partial charge in [-0.25, -0.2) is 4.79 Å². The highest BCUT2D eigenvalue weighted by Crippen LogP contribution is 1.62. The van der Waals surface area contributed by atoms with Gasteiger partial charge >= 0.3 is 11.7 Å². The van der Waals surface area contributed by atoms with E-state index in [4.69, 9.17) is 5.11 Å². The molecule has 5 nitrogen and oxygen atoms in total. The summed E-state index contributed by atoms with van der Waals surface area (Å²) in [5.74, 6) is -1.37. The minimum Gasteiger partial charge on any atom is -0.472 e. The third-order valence-electron chi connectivity index (χ3n) is 0.538. The summed E-state index contributed by atoms with van der Waals surface area (Å²) >= 11 is 0. The number of carboxylic acid groups (broad SMARTS) is 1. The van der Waals surface area contributed by atoms with E-state index in [0.29, 0.717) is 0 Å². The van der Waals surface area contributed by atoms with Gasteiger partial charge in [-0.05, 0) is 0 Å². The second kappa shape index (κ2) is 3.51. The van der Waals surface area contributed by atoms with Crippen LogP contribution in [0.5, 0.6) is 0 Å². The van der Waals surface area contributed by atoms with E-state index in [1.165, 1.54) is 7.05 Å². The van der Waals surface area contributed by atoms with Gasteiger partial charge in [-0.2, -0.15) is 0 Å². The Morgan fingerprint density at radius 2 is 2.33 bits per heavy atom. The largest absolute Gasteiger partial charge is 0.487 e. The van der Waals surface area contributed by atoms with Crippen LogP contribution < -0.4 is 0 Å². The molecule has 0 atom stereocenters. The van der Waals surface area contributed by atoms with Crippen LogP contribution in [0.2, 0.25) is 0 Å². The van der Waals surface area contributed by atoms with E-state index in [-0.39, 0.29) is 6.29 Å². The van der Waals surface area contributed by atoms with Crippen LogP contribution in [0.1, 0.15) is 0 Å². The van der Waals surface area contributed by atoms with Crippen molar-refractivity contribution < 1.29 is 19.5 Å². The van der Waals surface area contributed by atoms with Gasteiger partial charge in [0.2, 0.25) is 6.29 Å². The standard InChI is InChI=1S/C4H4N2O3/c1-5-6-3(2-7)4(8)9/h2H,1H3/p+1. The SMILES string of the molecule is CN=[N+]=C(C=O)C(=O)O. The Balaban J connectivity index is 4.55. The van der Waals surface area contributed by atoms with Crippen LogP contribution in [-0.4, -0.2) is 34.9 Å². The van der Waals surface area contributed by atoms with Crippen molar-refractivity contribution >= 4 is 18.0 Å². The highest BCUT2D eigenvalue weighted by Gasteiger charge is 2.19. The van der Waals surface area contributed by atoms with Gasteiger partial charge in [0.05, 0.1) is 9.90 Å². The van der Waals surface area contributed by atoms with Crippen LogP contribution in [0.4, 0.5) is 0 Å². The molecule has 0 aliphatic heterocycles. The molecule has 0 unspecified atom stereocenters. The summed E-state index contributed by atoms with van der Waals surface area (Å²) in [7, 11) is 1.28. The predicted molar refractivity (Wildman–Crippen MR) is 27.3 cm³/mol. The summed E-state index contributed by atoms with van der Waals surface area (Å²) in [6.07, 6.45) is 0.134. The first-order valence-corrected chi connectivity index (χ1v) is 2.07. The van der Waals surface area contributed by atoms with Crippen LogP contribution in [0.3, 0.4) is 0 Å². The number of carbonyl (C=O) groups is 2. The van der Waals surface area contributed by atoms with E-state index >= 15 is 0 Å². The van der Waals surface area contributed by atoms with Gasteiger partial charge in [0.15, 0.2) is 0 Å². The molecule has 0 saturated carbocycles. The number of rotatable bonds is 2. The number of aldehydes is 1. The van der Waals surface area contributed by atoms with Gasteiger partial charge in [-0.3, -0.25) is 4.79 Å². The number of carboxylic acids is 1. The van der Waals surface area contributed by atoms with Crippen molar-refractivity contribution in [3.8, 4) is 0 Å². The van der Waals surface area contributed by atoms with Gasteiger partial charge in [0.25, 0.3) is 0 Å². The third-order valence-corrected chi connectivity index (χ3v) is 0.538. The molecule has 0 heterocycles. The Morgan fingerprint density at radius 1 is 1.78 bits per heavy atom. The van der Waals surface area contributed by atoms with Crippen molar-refractivity contribution in [2.45, 2.75) is 0 Å². The molecule has 9 heavy (non-hydrogen) atoms. The molecule has 0 aliphatic carbocycles. The highest BCUT2D eigenvalue weighted by atomic mass is 16.4. The van der Waals surface area contributed by atoms with Crippen LogP contribution in [-0.2, 0) is 9.59 Å². The summed E-state index contributed by atoms with van der Waals surface area (Å²) in [6, 6.07) is 0. The highest BCUT2D eigenvalue weighted by molar-refractivity contribution is 6.55. The average molecular weight is 129 g/mol. The molecule has 0 rings (SSSR count). The van der Waals surface area contributed by atoms with Crippen molar-refractivity contribution in [3.63, 3.8) is 0 Å². The van der Waals surface area contributed by atoms with Crippen LogP contribution in [0, 0.1) is 0 Å². The molecule has 0 saturated heterocycles. The lowest BCUT2D eigenvalue weighted by atomic mass is 10.4. The van der Waals surface area contributed by atoms with Crippen molar-refractivity contribution in [3.05, 3.63) is 0 Å². The molecular formula is C4H5N2O3+. The topological polar surface area (TPSA) is 80.8 Å². The van der Waals surface area contributed by atoms with E-state index in [0.717, 1.165) is 0 Å². The van der Waals surface area contributed by atoms with Crippen molar-refractivity contribution in [2.24, 2.45) is 5.11 Å². The lowest BCUT2D eigenvalue weighted by molar-refractivity contribution is -0.141. The van der Waals surface area contributed by atoms with Crippen molar-refractivity contribution in [1.82, 2.24) is 0 Å². The molecule has 0 amide bonds. The normalized spacial score (nSPS) is 7.22. The van der Waals surface area contributed by atoms with Gasteiger partial charge in [0.1, 0.15) is 7.05 Å². The summed E-state index contributed by atoms with van der Waals surface area (Å²) in [4.78, 5) is 22.7. The molecule has 0 aromatic rings. The van der Waals surface area contributed by atoms with Crippen molar-refractivity contribution in [1.29, 1.82) is 0 Å². The molecule has 0 aromatic carbocycles. The molecule has 0 spiro atoms. The minimum absolute atomic E-state index is 0.134.